The zero-order chi connectivity index (χ0) is 19.9. The average Bonchev–Trinajstić information content (AvgIpc) is 3.52. The van der Waals surface area contributed by atoms with Gasteiger partial charge in [0.05, 0.1) is 11.9 Å². The van der Waals surface area contributed by atoms with Gasteiger partial charge in [-0.05, 0) is 37.7 Å². The number of benzene rings is 1. The predicted octanol–water partition coefficient (Wildman–Crippen LogP) is 1.37. The molecule has 28 heavy (non-hydrogen) atoms. The summed E-state index contributed by atoms with van der Waals surface area (Å²) in [6, 6.07) is 10.5. The number of aliphatic imine (C=N–C) groups is 1. The Hall–Kier alpha value is -1.64. The lowest BCUT2D eigenvalue weighted by Crippen LogP contribution is -2.44. The average molecular weight is 409 g/mol. The Kier molecular flexibility index (Phi) is 7.31. The summed E-state index contributed by atoms with van der Waals surface area (Å²) in [6.07, 6.45) is 5.38. The van der Waals surface area contributed by atoms with Gasteiger partial charge >= 0.3 is 0 Å². The van der Waals surface area contributed by atoms with Crippen molar-refractivity contribution in [3.63, 3.8) is 0 Å². The van der Waals surface area contributed by atoms with Crippen LogP contribution in [0.15, 0.2) is 35.3 Å². The number of guanidine groups is 1. The minimum absolute atomic E-state index is 0.00126. The van der Waals surface area contributed by atoms with E-state index < -0.39 is 10.0 Å². The molecule has 0 radical (unpaired) electrons. The van der Waals surface area contributed by atoms with Gasteiger partial charge in [0.1, 0.15) is 0 Å². The van der Waals surface area contributed by atoms with Crippen LogP contribution in [0.1, 0.15) is 37.7 Å². The van der Waals surface area contributed by atoms with Gasteiger partial charge in [0, 0.05) is 38.7 Å². The Balaban J connectivity index is 1.38. The standard InChI is InChI=1S/C20H32N4O3S/c1-21-19(23-16-20(10-11-20)17-7-3-2-4-8-17)22-12-14-28(25,26)24-15-18-9-5-6-13-27-18/h2-4,7-8,18,24H,5-6,9-16H2,1H3,(H2,21,22,23). The summed E-state index contributed by atoms with van der Waals surface area (Å²) in [6.45, 7) is 2.18. The molecule has 2 fully saturated rings. The van der Waals surface area contributed by atoms with Crippen LogP contribution in [0, 0.1) is 0 Å². The van der Waals surface area contributed by atoms with Gasteiger partial charge in [-0.25, -0.2) is 13.1 Å². The van der Waals surface area contributed by atoms with Crippen molar-refractivity contribution in [2.75, 3.05) is 39.0 Å². The van der Waals surface area contributed by atoms with Crippen molar-refractivity contribution in [1.29, 1.82) is 0 Å². The maximum atomic E-state index is 12.2. The molecule has 1 saturated heterocycles. The number of nitrogens with one attached hydrogen (secondary N) is 3. The van der Waals surface area contributed by atoms with E-state index in [1.54, 1.807) is 7.05 Å². The molecule has 1 aliphatic carbocycles. The lowest BCUT2D eigenvalue weighted by molar-refractivity contribution is 0.0200. The molecule has 1 unspecified atom stereocenters. The lowest BCUT2D eigenvalue weighted by Gasteiger charge is -2.22. The number of hydrogen-bond acceptors (Lipinski definition) is 4. The number of nitrogens with zero attached hydrogens (tertiary/aromatic N) is 1. The van der Waals surface area contributed by atoms with Gasteiger partial charge in [0.25, 0.3) is 0 Å². The molecule has 1 aliphatic heterocycles. The molecule has 3 N–H and O–H groups in total. The largest absolute Gasteiger partial charge is 0.377 e. The second kappa shape index (κ2) is 9.71. The van der Waals surface area contributed by atoms with Crippen LogP contribution < -0.4 is 15.4 Å². The Morgan fingerprint density at radius 2 is 2.00 bits per heavy atom. The van der Waals surface area contributed by atoms with Gasteiger partial charge in [-0.15, -0.1) is 0 Å². The quantitative estimate of drug-likeness (QED) is 0.424. The van der Waals surface area contributed by atoms with E-state index in [0.29, 0.717) is 19.0 Å². The van der Waals surface area contributed by atoms with Crippen molar-refractivity contribution >= 4 is 16.0 Å². The first kappa shape index (κ1) is 21.1. The van der Waals surface area contributed by atoms with E-state index in [1.165, 1.54) is 5.56 Å². The first-order chi connectivity index (χ1) is 13.5. The molecule has 1 aromatic carbocycles. The molecule has 156 valence electrons. The third-order valence-electron chi connectivity index (χ3n) is 5.53. The molecular formula is C20H32N4O3S. The van der Waals surface area contributed by atoms with Crippen molar-refractivity contribution < 1.29 is 13.2 Å². The summed E-state index contributed by atoms with van der Waals surface area (Å²) in [5.74, 6) is 0.637. The van der Waals surface area contributed by atoms with Gasteiger partial charge in [-0.1, -0.05) is 30.3 Å². The third kappa shape index (κ3) is 6.18. The number of sulfonamides is 1. The SMILES string of the molecule is CN=C(NCCS(=O)(=O)NCC1CCCCO1)NCC1(c2ccccc2)CC1. The normalized spacial score (nSPS) is 21.9. The highest BCUT2D eigenvalue weighted by Gasteiger charge is 2.43. The van der Waals surface area contributed by atoms with Crippen LogP contribution in [0.4, 0.5) is 0 Å². The maximum absolute atomic E-state index is 12.2. The molecule has 2 aliphatic rings. The van der Waals surface area contributed by atoms with Crippen molar-refractivity contribution in [2.45, 2.75) is 43.6 Å². The molecule has 0 bridgehead atoms. The summed E-state index contributed by atoms with van der Waals surface area (Å²) in [5.41, 5.74) is 1.52. The second-order valence-electron chi connectivity index (χ2n) is 7.65. The molecule has 0 amide bonds. The van der Waals surface area contributed by atoms with E-state index in [4.69, 9.17) is 4.74 Å². The summed E-state index contributed by atoms with van der Waals surface area (Å²) in [4.78, 5) is 4.21. The van der Waals surface area contributed by atoms with Crippen LogP contribution in [0.5, 0.6) is 0 Å². The lowest BCUT2D eigenvalue weighted by atomic mass is 9.96. The first-order valence-corrected chi connectivity index (χ1v) is 11.8. The van der Waals surface area contributed by atoms with Crippen LogP contribution in [0.3, 0.4) is 0 Å². The predicted molar refractivity (Wildman–Crippen MR) is 112 cm³/mol. The van der Waals surface area contributed by atoms with Crippen molar-refractivity contribution in [2.24, 2.45) is 4.99 Å². The van der Waals surface area contributed by atoms with Gasteiger partial charge in [0.2, 0.25) is 10.0 Å². The minimum Gasteiger partial charge on any atom is -0.377 e. The van der Waals surface area contributed by atoms with E-state index in [1.807, 2.05) is 6.07 Å². The summed E-state index contributed by atoms with van der Waals surface area (Å²) >= 11 is 0. The van der Waals surface area contributed by atoms with E-state index in [-0.39, 0.29) is 17.3 Å². The highest BCUT2D eigenvalue weighted by Crippen LogP contribution is 2.47. The molecule has 1 saturated carbocycles. The molecule has 8 heteroatoms. The minimum atomic E-state index is -3.33. The fraction of sp³-hybridized carbons (Fsp3) is 0.650. The Labute approximate surface area is 168 Å². The second-order valence-corrected chi connectivity index (χ2v) is 9.58. The van der Waals surface area contributed by atoms with E-state index in [0.717, 1.165) is 45.3 Å². The molecule has 7 nitrogen and oxygen atoms in total. The fourth-order valence-corrected chi connectivity index (χ4v) is 4.50. The summed E-state index contributed by atoms with van der Waals surface area (Å²) < 4.78 is 32.6. The number of ether oxygens (including phenoxy) is 1. The maximum Gasteiger partial charge on any atom is 0.213 e. The van der Waals surface area contributed by atoms with E-state index >= 15 is 0 Å². The highest BCUT2D eigenvalue weighted by atomic mass is 32.2. The molecule has 1 heterocycles. The van der Waals surface area contributed by atoms with E-state index in [9.17, 15) is 8.42 Å². The van der Waals surface area contributed by atoms with Crippen molar-refractivity contribution in [3.8, 4) is 0 Å². The van der Waals surface area contributed by atoms with Gasteiger partial charge in [0.15, 0.2) is 5.96 Å². The molecular weight excluding hydrogens is 376 g/mol. The smallest absolute Gasteiger partial charge is 0.213 e. The fourth-order valence-electron chi connectivity index (χ4n) is 3.55. The van der Waals surface area contributed by atoms with Crippen LogP contribution in [0.25, 0.3) is 0 Å². The van der Waals surface area contributed by atoms with Crippen LogP contribution in [-0.4, -0.2) is 59.5 Å². The Bertz CT molecular complexity index is 742. The zero-order valence-electron chi connectivity index (χ0n) is 16.6. The summed E-state index contributed by atoms with van der Waals surface area (Å²) in [5, 5.41) is 6.45. The van der Waals surface area contributed by atoms with Gasteiger partial charge in [-0.2, -0.15) is 0 Å². The molecule has 1 aromatic rings. The van der Waals surface area contributed by atoms with Gasteiger partial charge < -0.3 is 15.4 Å². The Morgan fingerprint density at radius 1 is 1.21 bits per heavy atom. The third-order valence-corrected chi connectivity index (χ3v) is 6.87. The highest BCUT2D eigenvalue weighted by molar-refractivity contribution is 7.89. The van der Waals surface area contributed by atoms with Crippen LogP contribution in [0.2, 0.25) is 0 Å². The topological polar surface area (TPSA) is 91.8 Å². The Morgan fingerprint density at radius 3 is 2.64 bits per heavy atom. The number of rotatable bonds is 9. The van der Waals surface area contributed by atoms with Crippen molar-refractivity contribution in [3.05, 3.63) is 35.9 Å². The van der Waals surface area contributed by atoms with Crippen molar-refractivity contribution in [1.82, 2.24) is 15.4 Å². The van der Waals surface area contributed by atoms with Gasteiger partial charge in [-0.3, -0.25) is 4.99 Å². The van der Waals surface area contributed by atoms with Crippen LogP contribution in [-0.2, 0) is 20.2 Å². The molecule has 3 rings (SSSR count). The molecule has 0 spiro atoms. The molecule has 1 atom stereocenters. The molecule has 0 aromatic heterocycles. The van der Waals surface area contributed by atoms with Crippen LogP contribution >= 0.6 is 0 Å². The first-order valence-electron chi connectivity index (χ1n) is 10.1. The zero-order valence-corrected chi connectivity index (χ0v) is 17.4. The summed E-state index contributed by atoms with van der Waals surface area (Å²) in [7, 11) is -1.64. The number of hydrogen-bond donors (Lipinski definition) is 3. The monoisotopic (exact) mass is 408 g/mol. The van der Waals surface area contributed by atoms with E-state index in [2.05, 4.69) is 44.6 Å².